The minimum atomic E-state index is -0.634. The molecule has 1 spiro atoms. The van der Waals surface area contributed by atoms with Crippen molar-refractivity contribution in [2.24, 2.45) is 5.92 Å². The Morgan fingerprint density at radius 2 is 2.36 bits per heavy atom. The molecular formula is C10H14N2O2. The van der Waals surface area contributed by atoms with Crippen molar-refractivity contribution in [3.8, 4) is 0 Å². The average Bonchev–Trinajstić information content (AvgIpc) is 2.61. The SMILES string of the molecule is C=CC[C@@H]1CCCC12NC(=O)NC2=O. The van der Waals surface area contributed by atoms with Crippen molar-refractivity contribution in [3.05, 3.63) is 12.7 Å². The Kier molecular flexibility index (Phi) is 2.06. The monoisotopic (exact) mass is 194 g/mol. The van der Waals surface area contributed by atoms with Crippen LogP contribution in [0, 0.1) is 5.92 Å². The van der Waals surface area contributed by atoms with Gasteiger partial charge in [0.05, 0.1) is 0 Å². The van der Waals surface area contributed by atoms with Crippen molar-refractivity contribution in [3.63, 3.8) is 0 Å². The van der Waals surface area contributed by atoms with Crippen molar-refractivity contribution in [2.45, 2.75) is 31.2 Å². The van der Waals surface area contributed by atoms with Crippen LogP contribution in [0.1, 0.15) is 25.7 Å². The summed E-state index contributed by atoms with van der Waals surface area (Å²) in [6.07, 6.45) is 5.33. The fourth-order valence-corrected chi connectivity index (χ4v) is 2.57. The zero-order valence-corrected chi connectivity index (χ0v) is 8.01. The number of urea groups is 1. The number of allylic oxidation sites excluding steroid dienone is 1. The predicted molar refractivity (Wildman–Crippen MR) is 51.6 cm³/mol. The molecule has 2 atom stereocenters. The lowest BCUT2D eigenvalue weighted by Crippen LogP contribution is -2.49. The van der Waals surface area contributed by atoms with E-state index in [9.17, 15) is 9.59 Å². The molecule has 2 fully saturated rings. The van der Waals surface area contributed by atoms with Gasteiger partial charge in [0.15, 0.2) is 0 Å². The zero-order valence-electron chi connectivity index (χ0n) is 8.01. The number of rotatable bonds is 2. The van der Waals surface area contributed by atoms with E-state index in [1.807, 2.05) is 6.08 Å². The number of imide groups is 1. The quantitative estimate of drug-likeness (QED) is 0.507. The van der Waals surface area contributed by atoms with Crippen LogP contribution in [0.15, 0.2) is 12.7 Å². The van der Waals surface area contributed by atoms with Gasteiger partial charge in [-0.1, -0.05) is 12.5 Å². The fraction of sp³-hybridized carbons (Fsp3) is 0.600. The molecule has 1 unspecified atom stereocenters. The van der Waals surface area contributed by atoms with E-state index in [0.717, 1.165) is 25.7 Å². The molecule has 1 saturated heterocycles. The van der Waals surface area contributed by atoms with Gasteiger partial charge in [-0.3, -0.25) is 10.1 Å². The Morgan fingerprint density at radius 1 is 1.57 bits per heavy atom. The molecule has 1 heterocycles. The summed E-state index contributed by atoms with van der Waals surface area (Å²) in [6.45, 7) is 3.68. The summed E-state index contributed by atoms with van der Waals surface area (Å²) in [7, 11) is 0. The van der Waals surface area contributed by atoms with Gasteiger partial charge in [0.1, 0.15) is 5.54 Å². The van der Waals surface area contributed by atoms with Gasteiger partial charge in [-0.25, -0.2) is 4.79 Å². The van der Waals surface area contributed by atoms with E-state index in [-0.39, 0.29) is 17.9 Å². The number of hydrogen-bond acceptors (Lipinski definition) is 2. The molecule has 2 N–H and O–H groups in total. The standard InChI is InChI=1S/C10H14N2O2/c1-2-4-7-5-3-6-10(7)8(13)11-9(14)12-10/h2,7H,1,3-6H2,(H2,11,12,13,14)/t7-,10?/m1/s1. The molecule has 4 nitrogen and oxygen atoms in total. The lowest BCUT2D eigenvalue weighted by atomic mass is 9.85. The third-order valence-corrected chi connectivity index (χ3v) is 3.24. The summed E-state index contributed by atoms with van der Waals surface area (Å²) in [5, 5.41) is 5.08. The van der Waals surface area contributed by atoms with E-state index in [4.69, 9.17) is 0 Å². The summed E-state index contributed by atoms with van der Waals surface area (Å²) in [5.41, 5.74) is -0.634. The molecule has 4 heteroatoms. The first-order chi connectivity index (χ1) is 6.69. The van der Waals surface area contributed by atoms with Gasteiger partial charge in [-0.05, 0) is 25.2 Å². The lowest BCUT2D eigenvalue weighted by molar-refractivity contribution is -0.125. The molecule has 1 aliphatic carbocycles. The second-order valence-corrected chi connectivity index (χ2v) is 3.99. The van der Waals surface area contributed by atoms with Crippen molar-refractivity contribution in [1.29, 1.82) is 0 Å². The van der Waals surface area contributed by atoms with Crippen LogP contribution >= 0.6 is 0 Å². The molecule has 1 saturated carbocycles. The van der Waals surface area contributed by atoms with Crippen molar-refractivity contribution in [1.82, 2.24) is 10.6 Å². The predicted octanol–water partition coefficient (Wildman–Crippen LogP) is 0.941. The number of carbonyl (C=O) groups excluding carboxylic acids is 2. The van der Waals surface area contributed by atoms with Crippen LogP contribution in [0.4, 0.5) is 4.79 Å². The summed E-state index contributed by atoms with van der Waals surface area (Å²) in [4.78, 5) is 22.8. The molecule has 1 aliphatic heterocycles. The van der Waals surface area contributed by atoms with Gasteiger partial charge in [-0.15, -0.1) is 6.58 Å². The minimum Gasteiger partial charge on any atom is -0.323 e. The van der Waals surface area contributed by atoms with E-state index in [2.05, 4.69) is 17.2 Å². The molecule has 0 radical (unpaired) electrons. The smallest absolute Gasteiger partial charge is 0.322 e. The van der Waals surface area contributed by atoms with Crippen LogP contribution in [0.25, 0.3) is 0 Å². The van der Waals surface area contributed by atoms with E-state index in [1.54, 1.807) is 0 Å². The van der Waals surface area contributed by atoms with E-state index < -0.39 is 5.54 Å². The zero-order chi connectivity index (χ0) is 10.2. The summed E-state index contributed by atoms with van der Waals surface area (Å²) < 4.78 is 0. The van der Waals surface area contributed by atoms with Gasteiger partial charge in [0.25, 0.3) is 5.91 Å². The van der Waals surface area contributed by atoms with Crippen LogP contribution in [-0.2, 0) is 4.79 Å². The van der Waals surface area contributed by atoms with Gasteiger partial charge in [0, 0.05) is 0 Å². The average molecular weight is 194 g/mol. The molecule has 2 aliphatic rings. The maximum Gasteiger partial charge on any atom is 0.322 e. The Bertz CT molecular complexity index is 300. The second kappa shape index (κ2) is 3.12. The molecular weight excluding hydrogens is 180 g/mol. The summed E-state index contributed by atoms with van der Waals surface area (Å²) in [5.74, 6) is 0.0540. The molecule has 0 bridgehead atoms. The molecule has 14 heavy (non-hydrogen) atoms. The molecule has 3 amide bonds. The van der Waals surface area contributed by atoms with Gasteiger partial charge < -0.3 is 5.32 Å². The van der Waals surface area contributed by atoms with Crippen LogP contribution in [-0.4, -0.2) is 17.5 Å². The molecule has 0 aromatic rings. The highest BCUT2D eigenvalue weighted by Gasteiger charge is 2.53. The first kappa shape index (κ1) is 9.24. The fourth-order valence-electron chi connectivity index (χ4n) is 2.57. The normalized spacial score (nSPS) is 35.9. The Morgan fingerprint density at radius 3 is 2.93 bits per heavy atom. The highest BCUT2D eigenvalue weighted by molar-refractivity contribution is 6.07. The van der Waals surface area contributed by atoms with Crippen molar-refractivity contribution in [2.75, 3.05) is 0 Å². The van der Waals surface area contributed by atoms with Crippen molar-refractivity contribution < 1.29 is 9.59 Å². The number of hydrogen-bond donors (Lipinski definition) is 2. The van der Waals surface area contributed by atoms with Gasteiger partial charge in [0.2, 0.25) is 0 Å². The lowest BCUT2D eigenvalue weighted by Gasteiger charge is -2.26. The third-order valence-electron chi connectivity index (χ3n) is 3.24. The highest BCUT2D eigenvalue weighted by Crippen LogP contribution is 2.39. The topological polar surface area (TPSA) is 58.2 Å². The van der Waals surface area contributed by atoms with Crippen LogP contribution < -0.4 is 10.6 Å². The first-order valence-corrected chi connectivity index (χ1v) is 4.93. The summed E-state index contributed by atoms with van der Waals surface area (Å²) in [6, 6.07) is -0.356. The Labute approximate surface area is 82.7 Å². The van der Waals surface area contributed by atoms with Crippen LogP contribution in [0.5, 0.6) is 0 Å². The van der Waals surface area contributed by atoms with Crippen LogP contribution in [0.3, 0.4) is 0 Å². The Hall–Kier alpha value is -1.32. The first-order valence-electron chi connectivity index (χ1n) is 4.93. The third kappa shape index (κ3) is 1.14. The number of carbonyl (C=O) groups is 2. The van der Waals surface area contributed by atoms with E-state index in [1.165, 1.54) is 0 Å². The van der Waals surface area contributed by atoms with Gasteiger partial charge >= 0.3 is 6.03 Å². The van der Waals surface area contributed by atoms with E-state index in [0.29, 0.717) is 0 Å². The second-order valence-electron chi connectivity index (χ2n) is 3.99. The number of nitrogens with one attached hydrogen (secondary N) is 2. The van der Waals surface area contributed by atoms with Gasteiger partial charge in [-0.2, -0.15) is 0 Å². The molecule has 76 valence electrons. The van der Waals surface area contributed by atoms with E-state index >= 15 is 0 Å². The highest BCUT2D eigenvalue weighted by atomic mass is 16.2. The molecule has 2 rings (SSSR count). The maximum absolute atomic E-state index is 11.7. The minimum absolute atomic E-state index is 0.160. The Balaban J connectivity index is 2.25. The molecule has 0 aromatic carbocycles. The van der Waals surface area contributed by atoms with Crippen molar-refractivity contribution >= 4 is 11.9 Å². The number of amides is 3. The molecule has 0 aromatic heterocycles. The summed E-state index contributed by atoms with van der Waals surface area (Å²) >= 11 is 0. The largest absolute Gasteiger partial charge is 0.323 e. The maximum atomic E-state index is 11.7. The van der Waals surface area contributed by atoms with Crippen LogP contribution in [0.2, 0.25) is 0 Å².